The number of ether oxygens (including phenoxy) is 1. The van der Waals surface area contributed by atoms with Crippen LogP contribution in [0.15, 0.2) is 48.5 Å². The second-order valence-electron chi connectivity index (χ2n) is 7.67. The molecule has 0 aliphatic heterocycles. The molecule has 8 heteroatoms. The number of hydrogen-bond donors (Lipinski definition) is 1. The Hall–Kier alpha value is -3.55. The lowest BCUT2D eigenvalue weighted by Gasteiger charge is -2.08. The quantitative estimate of drug-likeness (QED) is 0.534. The molecule has 3 aromatic rings. The first kappa shape index (κ1) is 22.1. The minimum Gasteiger partial charge on any atom is -0.454 e. The van der Waals surface area contributed by atoms with E-state index in [0.29, 0.717) is 24.7 Å². The fourth-order valence-electron chi connectivity index (χ4n) is 2.90. The van der Waals surface area contributed by atoms with E-state index in [2.05, 4.69) is 58.8 Å². The van der Waals surface area contributed by atoms with Crippen LogP contribution in [-0.4, -0.2) is 45.2 Å². The Kier molecular flexibility index (Phi) is 7.48. The number of nitrogens with zero attached hydrogens (tertiary/aromatic N) is 4. The summed E-state index contributed by atoms with van der Waals surface area (Å²) in [6.07, 6.45) is 0.711. The van der Waals surface area contributed by atoms with Gasteiger partial charge >= 0.3 is 5.97 Å². The maximum Gasteiger partial charge on any atom is 0.330 e. The van der Waals surface area contributed by atoms with Gasteiger partial charge in [-0.05, 0) is 35.6 Å². The monoisotopic (exact) mass is 421 g/mol. The molecule has 3 rings (SSSR count). The van der Waals surface area contributed by atoms with Crippen molar-refractivity contribution < 1.29 is 14.3 Å². The zero-order chi connectivity index (χ0) is 22.2. The minimum atomic E-state index is -0.604. The average Bonchev–Trinajstić information content (AvgIpc) is 3.21. The van der Waals surface area contributed by atoms with Crippen LogP contribution in [0.25, 0.3) is 11.4 Å². The van der Waals surface area contributed by atoms with E-state index >= 15 is 0 Å². The molecule has 0 bridgehead atoms. The van der Waals surface area contributed by atoms with Gasteiger partial charge in [0.05, 0.1) is 0 Å². The van der Waals surface area contributed by atoms with Crippen molar-refractivity contribution in [3.8, 4) is 11.4 Å². The van der Waals surface area contributed by atoms with Gasteiger partial charge in [0.2, 0.25) is 5.82 Å². The summed E-state index contributed by atoms with van der Waals surface area (Å²) in [6, 6.07) is 16.0. The molecule has 1 N–H and O–H groups in total. The Balaban J connectivity index is 1.37. The summed E-state index contributed by atoms with van der Waals surface area (Å²) in [5.41, 5.74) is 4.36. The molecule has 1 heterocycles. The Morgan fingerprint density at radius 2 is 1.77 bits per heavy atom. The van der Waals surface area contributed by atoms with Gasteiger partial charge in [-0.15, -0.1) is 10.2 Å². The normalized spacial score (nSPS) is 10.8. The first-order valence-electron chi connectivity index (χ1n) is 10.3. The van der Waals surface area contributed by atoms with Crippen LogP contribution >= 0.6 is 0 Å². The summed E-state index contributed by atoms with van der Waals surface area (Å²) in [6.45, 7) is 6.21. The predicted octanol–water partition coefficient (Wildman–Crippen LogP) is 2.67. The number of aryl methyl sites for hydroxylation is 1. The van der Waals surface area contributed by atoms with Crippen molar-refractivity contribution in [1.82, 2.24) is 25.5 Å². The molecule has 31 heavy (non-hydrogen) atoms. The van der Waals surface area contributed by atoms with Crippen LogP contribution in [0.3, 0.4) is 0 Å². The van der Waals surface area contributed by atoms with Crippen LogP contribution in [0.4, 0.5) is 0 Å². The molecular weight excluding hydrogens is 394 g/mol. The van der Waals surface area contributed by atoms with E-state index in [-0.39, 0.29) is 19.1 Å². The fourth-order valence-corrected chi connectivity index (χ4v) is 2.90. The first-order valence-corrected chi connectivity index (χ1v) is 10.3. The van der Waals surface area contributed by atoms with Gasteiger partial charge in [-0.2, -0.15) is 4.80 Å². The molecule has 162 valence electrons. The summed E-state index contributed by atoms with van der Waals surface area (Å²) >= 11 is 0. The van der Waals surface area contributed by atoms with Gasteiger partial charge in [0, 0.05) is 12.1 Å². The van der Waals surface area contributed by atoms with Gasteiger partial charge in [0.15, 0.2) is 13.2 Å². The lowest BCUT2D eigenvalue weighted by atomic mass is 10.0. The summed E-state index contributed by atoms with van der Waals surface area (Å²) in [7, 11) is 0. The number of esters is 1. The highest BCUT2D eigenvalue weighted by Crippen LogP contribution is 2.15. The summed E-state index contributed by atoms with van der Waals surface area (Å²) < 4.78 is 5.00. The third-order valence-corrected chi connectivity index (χ3v) is 4.78. The number of aromatic nitrogens is 4. The standard InChI is InChI=1S/C23H27N5O3/c1-16(2)19-10-6-18(7-11-19)12-13-24-21(29)15-31-22(30)14-28-26-23(25-27-28)20-8-4-17(3)5-9-20/h4-11,16H,12-15H2,1-3H3,(H,24,29). The molecule has 0 aliphatic rings. The predicted molar refractivity (Wildman–Crippen MR) is 116 cm³/mol. The number of hydrogen-bond acceptors (Lipinski definition) is 6. The number of benzene rings is 2. The average molecular weight is 422 g/mol. The molecule has 0 radical (unpaired) electrons. The molecule has 0 saturated heterocycles. The van der Waals surface area contributed by atoms with Gasteiger partial charge in [0.25, 0.3) is 5.91 Å². The molecule has 0 atom stereocenters. The molecule has 1 aromatic heterocycles. The van der Waals surface area contributed by atoms with Crippen LogP contribution in [-0.2, 0) is 27.3 Å². The molecule has 8 nitrogen and oxygen atoms in total. The largest absolute Gasteiger partial charge is 0.454 e. The number of carbonyl (C=O) groups is 2. The lowest BCUT2D eigenvalue weighted by Crippen LogP contribution is -2.31. The molecule has 0 saturated carbocycles. The zero-order valence-corrected chi connectivity index (χ0v) is 18.0. The van der Waals surface area contributed by atoms with Gasteiger partial charge in [-0.1, -0.05) is 67.9 Å². The van der Waals surface area contributed by atoms with E-state index in [9.17, 15) is 9.59 Å². The summed E-state index contributed by atoms with van der Waals surface area (Å²) in [5.74, 6) is -0.0383. The van der Waals surface area contributed by atoms with E-state index in [4.69, 9.17) is 4.74 Å². The van der Waals surface area contributed by atoms with E-state index in [1.807, 2.05) is 31.2 Å². The number of carbonyl (C=O) groups excluding carboxylic acids is 2. The fraction of sp³-hybridized carbons (Fsp3) is 0.348. The zero-order valence-electron chi connectivity index (χ0n) is 18.0. The van der Waals surface area contributed by atoms with Crippen LogP contribution in [0, 0.1) is 6.92 Å². The maximum absolute atomic E-state index is 12.0. The second-order valence-corrected chi connectivity index (χ2v) is 7.67. The maximum atomic E-state index is 12.0. The van der Waals surface area contributed by atoms with Crippen molar-refractivity contribution in [3.05, 3.63) is 65.2 Å². The molecule has 2 aromatic carbocycles. The SMILES string of the molecule is Cc1ccc(-c2nnn(CC(=O)OCC(=O)NCCc3ccc(C(C)C)cc3)n2)cc1. The number of rotatable bonds is 9. The van der Waals surface area contributed by atoms with Crippen LogP contribution < -0.4 is 5.32 Å². The number of tetrazole rings is 1. The highest BCUT2D eigenvalue weighted by atomic mass is 16.5. The number of amides is 1. The van der Waals surface area contributed by atoms with Crippen LogP contribution in [0.1, 0.15) is 36.5 Å². The van der Waals surface area contributed by atoms with Crippen molar-refractivity contribution >= 4 is 11.9 Å². The minimum absolute atomic E-state index is 0.214. The third-order valence-electron chi connectivity index (χ3n) is 4.78. The van der Waals surface area contributed by atoms with E-state index < -0.39 is 5.97 Å². The van der Waals surface area contributed by atoms with E-state index in [0.717, 1.165) is 21.5 Å². The molecular formula is C23H27N5O3. The van der Waals surface area contributed by atoms with Gasteiger partial charge in [-0.3, -0.25) is 4.79 Å². The van der Waals surface area contributed by atoms with Crippen molar-refractivity contribution in [3.63, 3.8) is 0 Å². The van der Waals surface area contributed by atoms with E-state index in [1.54, 1.807) is 0 Å². The summed E-state index contributed by atoms with van der Waals surface area (Å²) in [5, 5.41) is 14.7. The molecule has 0 spiro atoms. The second kappa shape index (κ2) is 10.5. The Morgan fingerprint density at radius 3 is 2.45 bits per heavy atom. The summed E-state index contributed by atoms with van der Waals surface area (Å²) in [4.78, 5) is 25.0. The molecule has 1 amide bonds. The van der Waals surface area contributed by atoms with E-state index in [1.165, 1.54) is 5.56 Å². The topological polar surface area (TPSA) is 99.0 Å². The van der Waals surface area contributed by atoms with Crippen molar-refractivity contribution in [1.29, 1.82) is 0 Å². The van der Waals surface area contributed by atoms with Gasteiger partial charge < -0.3 is 10.1 Å². The molecule has 0 aliphatic carbocycles. The third kappa shape index (κ3) is 6.74. The number of nitrogens with one attached hydrogen (secondary N) is 1. The smallest absolute Gasteiger partial charge is 0.330 e. The molecule has 0 fully saturated rings. The highest BCUT2D eigenvalue weighted by molar-refractivity contribution is 5.80. The Morgan fingerprint density at radius 1 is 1.06 bits per heavy atom. The first-order chi connectivity index (χ1) is 14.9. The van der Waals surface area contributed by atoms with Gasteiger partial charge in [0.1, 0.15) is 0 Å². The van der Waals surface area contributed by atoms with Gasteiger partial charge in [-0.25, -0.2) is 4.79 Å². The Labute approximate surface area is 181 Å². The lowest BCUT2D eigenvalue weighted by molar-refractivity contribution is -0.149. The van der Waals surface area contributed by atoms with Crippen molar-refractivity contribution in [2.45, 2.75) is 39.7 Å². The molecule has 0 unspecified atom stereocenters. The van der Waals surface area contributed by atoms with Crippen LogP contribution in [0.2, 0.25) is 0 Å². The highest BCUT2D eigenvalue weighted by Gasteiger charge is 2.12. The van der Waals surface area contributed by atoms with Crippen LogP contribution in [0.5, 0.6) is 0 Å². The Bertz CT molecular complexity index is 1010. The van der Waals surface area contributed by atoms with Crippen molar-refractivity contribution in [2.24, 2.45) is 0 Å². The van der Waals surface area contributed by atoms with Crippen molar-refractivity contribution in [2.75, 3.05) is 13.2 Å².